The normalized spacial score (nSPS) is 15.5. The van der Waals surface area contributed by atoms with Gasteiger partial charge in [-0.2, -0.15) is 9.57 Å². The molecule has 7 nitrogen and oxygen atoms in total. The van der Waals surface area contributed by atoms with Gasteiger partial charge in [0.15, 0.2) is 0 Å². The Hall–Kier alpha value is -3.03. The Morgan fingerprint density at radius 3 is 2.42 bits per heavy atom. The molecule has 1 aliphatic rings. The lowest BCUT2D eigenvalue weighted by atomic mass is 10.1. The molecule has 0 radical (unpaired) electrons. The highest BCUT2D eigenvalue weighted by atomic mass is 32.2. The molecule has 1 aliphatic heterocycles. The first kappa shape index (κ1) is 24.6. The SMILES string of the molecule is CCCn1c(C)cc(/C=C(/C#N)C(=O)N2CCN(S(=O)(=O)c3cc(F)ccc3F)CC2)c1C. The Morgan fingerprint density at radius 1 is 1.15 bits per heavy atom. The lowest BCUT2D eigenvalue weighted by molar-refractivity contribution is -0.127. The molecule has 2 aromatic rings. The van der Waals surface area contributed by atoms with E-state index in [1.807, 2.05) is 26.0 Å². The van der Waals surface area contributed by atoms with Gasteiger partial charge in [0.25, 0.3) is 5.91 Å². The zero-order valence-electron chi connectivity index (χ0n) is 18.8. The fourth-order valence-electron chi connectivity index (χ4n) is 3.95. The second-order valence-corrected chi connectivity index (χ2v) is 9.83. The largest absolute Gasteiger partial charge is 0.349 e. The zero-order valence-corrected chi connectivity index (χ0v) is 19.6. The number of amides is 1. The average Bonchev–Trinajstić information content (AvgIpc) is 3.06. The van der Waals surface area contributed by atoms with Crippen molar-refractivity contribution in [2.24, 2.45) is 0 Å². The number of aryl methyl sites for hydroxylation is 1. The molecule has 0 aliphatic carbocycles. The molecule has 0 unspecified atom stereocenters. The predicted octanol–water partition coefficient (Wildman–Crippen LogP) is 3.23. The van der Waals surface area contributed by atoms with E-state index in [1.165, 1.54) is 4.90 Å². The topological polar surface area (TPSA) is 86.4 Å². The summed E-state index contributed by atoms with van der Waals surface area (Å²) in [4.78, 5) is 13.6. The van der Waals surface area contributed by atoms with E-state index >= 15 is 0 Å². The Kier molecular flexibility index (Phi) is 7.34. The number of halogens is 2. The molecule has 3 rings (SSSR count). The number of aromatic nitrogens is 1. The molecule has 0 N–H and O–H groups in total. The molecule has 1 aromatic carbocycles. The van der Waals surface area contributed by atoms with Gasteiger partial charge < -0.3 is 9.47 Å². The Labute approximate surface area is 192 Å². The zero-order chi connectivity index (χ0) is 24.3. The predicted molar refractivity (Wildman–Crippen MR) is 119 cm³/mol. The second kappa shape index (κ2) is 9.85. The van der Waals surface area contributed by atoms with Crippen molar-refractivity contribution in [1.29, 1.82) is 5.26 Å². The molecular formula is C23H26F2N4O3S. The number of nitriles is 1. The minimum Gasteiger partial charge on any atom is -0.349 e. The fraction of sp³-hybridized carbons (Fsp3) is 0.391. The highest BCUT2D eigenvalue weighted by Gasteiger charge is 2.33. The van der Waals surface area contributed by atoms with Crippen LogP contribution in [-0.4, -0.2) is 54.3 Å². The first-order valence-electron chi connectivity index (χ1n) is 10.6. The van der Waals surface area contributed by atoms with Gasteiger partial charge in [-0.15, -0.1) is 0 Å². The van der Waals surface area contributed by atoms with Crippen LogP contribution in [0.5, 0.6) is 0 Å². The molecule has 1 amide bonds. The van der Waals surface area contributed by atoms with E-state index in [0.717, 1.165) is 46.4 Å². The van der Waals surface area contributed by atoms with Gasteiger partial charge in [0.05, 0.1) is 0 Å². The van der Waals surface area contributed by atoms with E-state index < -0.39 is 32.5 Å². The highest BCUT2D eigenvalue weighted by molar-refractivity contribution is 7.89. The van der Waals surface area contributed by atoms with Crippen molar-refractivity contribution in [3.8, 4) is 6.07 Å². The van der Waals surface area contributed by atoms with Crippen LogP contribution in [0, 0.1) is 36.8 Å². The molecule has 1 fully saturated rings. The van der Waals surface area contributed by atoms with Crippen molar-refractivity contribution in [3.63, 3.8) is 0 Å². The Morgan fingerprint density at radius 2 is 1.82 bits per heavy atom. The van der Waals surface area contributed by atoms with Crippen molar-refractivity contribution < 1.29 is 22.0 Å². The molecular weight excluding hydrogens is 450 g/mol. The Balaban J connectivity index is 1.76. The van der Waals surface area contributed by atoms with Gasteiger partial charge in [0.1, 0.15) is 28.2 Å². The van der Waals surface area contributed by atoms with Crippen LogP contribution in [-0.2, 0) is 21.4 Å². The molecule has 0 saturated carbocycles. The van der Waals surface area contributed by atoms with E-state index in [-0.39, 0.29) is 31.8 Å². The number of nitrogens with zero attached hydrogens (tertiary/aromatic N) is 4. The van der Waals surface area contributed by atoms with Crippen LogP contribution in [0.4, 0.5) is 8.78 Å². The maximum atomic E-state index is 14.0. The number of piperazine rings is 1. The maximum Gasteiger partial charge on any atom is 0.264 e. The fourth-order valence-corrected chi connectivity index (χ4v) is 5.45. The van der Waals surface area contributed by atoms with Gasteiger partial charge in [-0.3, -0.25) is 4.79 Å². The van der Waals surface area contributed by atoms with Crippen LogP contribution in [0.3, 0.4) is 0 Å². The molecule has 10 heteroatoms. The number of benzene rings is 1. The van der Waals surface area contributed by atoms with Crippen molar-refractivity contribution >= 4 is 22.0 Å². The smallest absolute Gasteiger partial charge is 0.264 e. The van der Waals surface area contributed by atoms with Crippen LogP contribution < -0.4 is 0 Å². The van der Waals surface area contributed by atoms with Gasteiger partial charge >= 0.3 is 0 Å². The third-order valence-electron chi connectivity index (χ3n) is 5.75. The summed E-state index contributed by atoms with van der Waals surface area (Å²) in [7, 11) is -4.25. The standard InChI is InChI=1S/C23H26F2N4O3S/c1-4-7-29-16(2)12-18(17(29)3)13-19(15-26)23(30)27-8-10-28(11-9-27)33(31,32)22-14-20(24)5-6-21(22)25/h5-6,12-14H,4,7-11H2,1-3H3/b19-13-. The van der Waals surface area contributed by atoms with Crippen LogP contribution in [0.15, 0.2) is 34.7 Å². The van der Waals surface area contributed by atoms with Crippen LogP contribution in [0.2, 0.25) is 0 Å². The summed E-state index contributed by atoms with van der Waals surface area (Å²) in [6.07, 6.45) is 2.51. The van der Waals surface area contributed by atoms with E-state index in [9.17, 15) is 27.3 Å². The average molecular weight is 477 g/mol. The summed E-state index contributed by atoms with van der Waals surface area (Å²) < 4.78 is 56.1. The molecule has 176 valence electrons. The third kappa shape index (κ3) is 4.99. The quantitative estimate of drug-likeness (QED) is 0.473. The lowest BCUT2D eigenvalue weighted by Crippen LogP contribution is -2.50. The van der Waals surface area contributed by atoms with Crippen molar-refractivity contribution in [3.05, 3.63) is 58.4 Å². The van der Waals surface area contributed by atoms with Crippen LogP contribution in [0.1, 0.15) is 30.3 Å². The minimum absolute atomic E-state index is 0.0306. The number of hydrogen-bond acceptors (Lipinski definition) is 4. The van der Waals surface area contributed by atoms with Crippen LogP contribution in [0.25, 0.3) is 6.08 Å². The summed E-state index contributed by atoms with van der Waals surface area (Å²) in [6.45, 7) is 6.69. The van der Waals surface area contributed by atoms with E-state index in [1.54, 1.807) is 6.08 Å². The van der Waals surface area contributed by atoms with Crippen molar-refractivity contribution in [2.75, 3.05) is 26.2 Å². The second-order valence-electron chi connectivity index (χ2n) is 7.92. The van der Waals surface area contributed by atoms with Gasteiger partial charge in [0.2, 0.25) is 10.0 Å². The first-order valence-corrected chi connectivity index (χ1v) is 12.1. The third-order valence-corrected chi connectivity index (χ3v) is 7.66. The van der Waals surface area contributed by atoms with E-state index in [0.29, 0.717) is 6.07 Å². The number of sulfonamides is 1. The maximum absolute atomic E-state index is 14.0. The highest BCUT2D eigenvalue weighted by Crippen LogP contribution is 2.23. The summed E-state index contributed by atoms with van der Waals surface area (Å²) >= 11 is 0. The van der Waals surface area contributed by atoms with Crippen molar-refractivity contribution in [1.82, 2.24) is 13.8 Å². The van der Waals surface area contributed by atoms with Crippen molar-refractivity contribution in [2.45, 2.75) is 38.6 Å². The number of rotatable bonds is 6. The number of carbonyl (C=O) groups excluding carboxylic acids is 1. The van der Waals surface area contributed by atoms with Crippen LogP contribution >= 0.6 is 0 Å². The summed E-state index contributed by atoms with van der Waals surface area (Å²) in [6, 6.07) is 6.14. The molecule has 0 spiro atoms. The summed E-state index contributed by atoms with van der Waals surface area (Å²) in [5, 5.41) is 9.59. The van der Waals surface area contributed by atoms with Gasteiger partial charge in [0, 0.05) is 44.1 Å². The molecule has 1 saturated heterocycles. The monoisotopic (exact) mass is 476 g/mol. The summed E-state index contributed by atoms with van der Waals surface area (Å²) in [5.74, 6) is -2.39. The summed E-state index contributed by atoms with van der Waals surface area (Å²) in [5.41, 5.74) is 2.74. The minimum atomic E-state index is -4.25. The van der Waals surface area contributed by atoms with Gasteiger partial charge in [-0.05, 0) is 56.2 Å². The van der Waals surface area contributed by atoms with Gasteiger partial charge in [-0.1, -0.05) is 6.92 Å². The Bertz CT molecular complexity index is 1240. The lowest BCUT2D eigenvalue weighted by Gasteiger charge is -2.33. The first-order chi connectivity index (χ1) is 15.6. The molecule has 1 aromatic heterocycles. The number of hydrogen-bond donors (Lipinski definition) is 0. The molecule has 33 heavy (non-hydrogen) atoms. The molecule has 0 atom stereocenters. The van der Waals surface area contributed by atoms with Gasteiger partial charge in [-0.25, -0.2) is 17.2 Å². The molecule has 0 bridgehead atoms. The number of carbonyl (C=O) groups is 1. The molecule has 2 heterocycles. The van der Waals surface area contributed by atoms with E-state index in [4.69, 9.17) is 0 Å². The van der Waals surface area contributed by atoms with E-state index in [2.05, 4.69) is 11.5 Å².